The van der Waals surface area contributed by atoms with E-state index >= 15 is 0 Å². The van der Waals surface area contributed by atoms with Crippen molar-refractivity contribution in [2.24, 2.45) is 0 Å². The molecule has 2 N–H and O–H groups in total. The summed E-state index contributed by atoms with van der Waals surface area (Å²) >= 11 is 6.33. The first-order chi connectivity index (χ1) is 9.08. The molecule has 3 rings (SSSR count). The molecule has 2 aromatic rings. The molecule has 0 saturated carbocycles. The number of nitrogens with zero attached hydrogens (tertiary/aromatic N) is 3. The largest absolute Gasteiger partial charge is 0.369 e. The van der Waals surface area contributed by atoms with Crippen LogP contribution in [0.4, 0.5) is 5.95 Å². The number of imidazole rings is 1. The maximum Gasteiger partial charge on any atom is 0.201 e. The molecule has 1 aliphatic heterocycles. The zero-order chi connectivity index (χ0) is 13.6. The van der Waals surface area contributed by atoms with Crippen LogP contribution in [0.1, 0.15) is 25.8 Å². The van der Waals surface area contributed by atoms with E-state index < -0.39 is 0 Å². The van der Waals surface area contributed by atoms with Gasteiger partial charge in [0.15, 0.2) is 0 Å². The maximum absolute atomic E-state index is 6.33. The van der Waals surface area contributed by atoms with Gasteiger partial charge in [0.25, 0.3) is 0 Å². The minimum atomic E-state index is 0.385. The lowest BCUT2D eigenvalue weighted by molar-refractivity contribution is 0.159. The van der Waals surface area contributed by atoms with Crippen molar-refractivity contribution in [2.75, 3.05) is 19.3 Å². The summed E-state index contributed by atoms with van der Waals surface area (Å²) in [6, 6.07) is 6.72. The fourth-order valence-electron chi connectivity index (χ4n) is 2.99. The van der Waals surface area contributed by atoms with E-state index in [4.69, 9.17) is 17.3 Å². The van der Waals surface area contributed by atoms with Crippen LogP contribution < -0.4 is 5.73 Å². The summed E-state index contributed by atoms with van der Waals surface area (Å²) in [6.07, 6.45) is 2.17. The molecule has 1 aliphatic rings. The number of rotatable bonds is 1. The Labute approximate surface area is 118 Å². The summed E-state index contributed by atoms with van der Waals surface area (Å²) in [5, 5.41) is 0.730. The van der Waals surface area contributed by atoms with Gasteiger partial charge in [-0.2, -0.15) is 0 Å². The van der Waals surface area contributed by atoms with Gasteiger partial charge >= 0.3 is 0 Å². The number of fused-ring (bicyclic) bond motifs is 1. The molecule has 0 bridgehead atoms. The first-order valence-electron chi connectivity index (χ1n) is 6.70. The summed E-state index contributed by atoms with van der Waals surface area (Å²) in [5.41, 5.74) is 7.97. The predicted molar refractivity (Wildman–Crippen MR) is 79.5 cm³/mol. The normalized spacial score (nSPS) is 25.0. The van der Waals surface area contributed by atoms with Gasteiger partial charge < -0.3 is 15.2 Å². The van der Waals surface area contributed by atoms with Crippen LogP contribution >= 0.6 is 11.6 Å². The molecule has 2 atom stereocenters. The lowest BCUT2D eigenvalue weighted by atomic mass is 9.98. The van der Waals surface area contributed by atoms with E-state index in [-0.39, 0.29) is 0 Å². The van der Waals surface area contributed by atoms with Gasteiger partial charge in [0, 0.05) is 18.6 Å². The van der Waals surface area contributed by atoms with Crippen LogP contribution in [-0.4, -0.2) is 34.1 Å². The predicted octanol–water partition coefficient (Wildman–Crippen LogP) is 2.93. The lowest BCUT2D eigenvalue weighted by Gasteiger charge is -2.36. The van der Waals surface area contributed by atoms with Crippen LogP contribution in [0.15, 0.2) is 18.2 Å². The van der Waals surface area contributed by atoms with Crippen molar-refractivity contribution in [3.05, 3.63) is 23.2 Å². The Hall–Kier alpha value is -1.26. The first kappa shape index (κ1) is 12.8. The highest BCUT2D eigenvalue weighted by Gasteiger charge is 2.27. The molecule has 1 aromatic carbocycles. The molecule has 1 saturated heterocycles. The number of para-hydroxylation sites is 1. The average Bonchev–Trinajstić information content (AvgIpc) is 2.70. The minimum absolute atomic E-state index is 0.385. The van der Waals surface area contributed by atoms with Gasteiger partial charge in [0.1, 0.15) is 0 Å². The van der Waals surface area contributed by atoms with E-state index in [0.717, 1.165) is 35.4 Å². The molecule has 1 aromatic heterocycles. The number of piperidine rings is 1. The fourth-order valence-corrected chi connectivity index (χ4v) is 3.25. The Morgan fingerprint density at radius 1 is 1.42 bits per heavy atom. The molecule has 5 heteroatoms. The van der Waals surface area contributed by atoms with Crippen LogP contribution in [0.3, 0.4) is 0 Å². The average molecular weight is 279 g/mol. The molecule has 0 spiro atoms. The number of halogens is 1. The first-order valence-corrected chi connectivity index (χ1v) is 7.08. The van der Waals surface area contributed by atoms with E-state index in [1.54, 1.807) is 0 Å². The Bertz CT molecular complexity index is 607. The second kappa shape index (κ2) is 4.69. The smallest absolute Gasteiger partial charge is 0.201 e. The van der Waals surface area contributed by atoms with Crippen molar-refractivity contribution >= 4 is 28.6 Å². The third-order valence-corrected chi connectivity index (χ3v) is 4.54. The number of nitrogen functional groups attached to an aromatic ring is 1. The minimum Gasteiger partial charge on any atom is -0.369 e. The highest BCUT2D eigenvalue weighted by molar-refractivity contribution is 6.35. The molecule has 4 nitrogen and oxygen atoms in total. The zero-order valence-corrected chi connectivity index (χ0v) is 12.1. The van der Waals surface area contributed by atoms with E-state index in [2.05, 4.69) is 28.4 Å². The van der Waals surface area contributed by atoms with Crippen molar-refractivity contribution in [3.8, 4) is 0 Å². The second-order valence-corrected chi connectivity index (χ2v) is 5.86. The summed E-state index contributed by atoms with van der Waals surface area (Å²) in [7, 11) is 2.17. The third-order valence-electron chi connectivity index (χ3n) is 4.23. The van der Waals surface area contributed by atoms with Crippen LogP contribution in [-0.2, 0) is 0 Å². The van der Waals surface area contributed by atoms with Gasteiger partial charge in [0.2, 0.25) is 5.95 Å². The van der Waals surface area contributed by atoms with E-state index in [1.165, 1.54) is 0 Å². The zero-order valence-electron chi connectivity index (χ0n) is 11.3. The van der Waals surface area contributed by atoms with Gasteiger partial charge in [0.05, 0.1) is 16.1 Å². The highest BCUT2D eigenvalue weighted by Crippen LogP contribution is 2.34. The molecular formula is C14H19ClN4. The summed E-state index contributed by atoms with van der Waals surface area (Å²) in [4.78, 5) is 6.82. The highest BCUT2D eigenvalue weighted by atomic mass is 35.5. The number of hydrogen-bond donors (Lipinski definition) is 1. The monoisotopic (exact) mass is 278 g/mol. The van der Waals surface area contributed by atoms with E-state index in [0.29, 0.717) is 18.0 Å². The molecule has 0 aliphatic carbocycles. The van der Waals surface area contributed by atoms with E-state index in [1.807, 2.05) is 18.2 Å². The molecule has 102 valence electrons. The van der Waals surface area contributed by atoms with Crippen molar-refractivity contribution in [3.63, 3.8) is 0 Å². The fraction of sp³-hybridized carbons (Fsp3) is 0.500. The Morgan fingerprint density at radius 3 is 2.95 bits per heavy atom. The number of hydrogen-bond acceptors (Lipinski definition) is 3. The van der Waals surface area contributed by atoms with Crippen LogP contribution in [0.2, 0.25) is 5.02 Å². The summed E-state index contributed by atoms with van der Waals surface area (Å²) < 4.78 is 2.13. The summed E-state index contributed by atoms with van der Waals surface area (Å²) in [5.74, 6) is 0.574. The SMILES string of the molecule is CC1CC(n2c(N)nc3cccc(Cl)c32)CCN1C. The quantitative estimate of drug-likeness (QED) is 0.872. The van der Waals surface area contributed by atoms with Crippen molar-refractivity contribution < 1.29 is 0 Å². The molecule has 0 radical (unpaired) electrons. The topological polar surface area (TPSA) is 47.1 Å². The Balaban J connectivity index is 2.07. The van der Waals surface area contributed by atoms with Crippen molar-refractivity contribution in [1.82, 2.24) is 14.5 Å². The number of aromatic nitrogens is 2. The van der Waals surface area contributed by atoms with Gasteiger partial charge in [-0.3, -0.25) is 0 Å². The Morgan fingerprint density at radius 2 is 2.21 bits per heavy atom. The van der Waals surface area contributed by atoms with Gasteiger partial charge in [-0.1, -0.05) is 17.7 Å². The number of benzene rings is 1. The van der Waals surface area contributed by atoms with Gasteiger partial charge in [-0.15, -0.1) is 0 Å². The molecule has 1 fully saturated rings. The van der Waals surface area contributed by atoms with Gasteiger partial charge in [-0.05, 0) is 38.9 Å². The van der Waals surface area contributed by atoms with Crippen molar-refractivity contribution in [1.29, 1.82) is 0 Å². The van der Waals surface area contributed by atoms with E-state index in [9.17, 15) is 0 Å². The summed E-state index contributed by atoms with van der Waals surface area (Å²) in [6.45, 7) is 3.33. The van der Waals surface area contributed by atoms with Gasteiger partial charge in [-0.25, -0.2) is 4.98 Å². The maximum atomic E-state index is 6.33. The van der Waals surface area contributed by atoms with Crippen LogP contribution in [0.5, 0.6) is 0 Å². The molecule has 2 unspecified atom stereocenters. The molecular weight excluding hydrogens is 260 g/mol. The molecule has 0 amide bonds. The van der Waals surface area contributed by atoms with Crippen LogP contribution in [0.25, 0.3) is 11.0 Å². The standard InChI is InChI=1S/C14H19ClN4/c1-9-8-10(6-7-18(9)2)19-13-11(15)4-3-5-12(13)17-14(19)16/h3-5,9-10H,6-8H2,1-2H3,(H2,16,17). The lowest BCUT2D eigenvalue weighted by Crippen LogP contribution is -2.38. The number of nitrogens with two attached hydrogens (primary N) is 1. The third kappa shape index (κ3) is 2.09. The number of likely N-dealkylation sites (tertiary alicyclic amines) is 1. The van der Waals surface area contributed by atoms with Crippen molar-refractivity contribution in [2.45, 2.75) is 31.8 Å². The molecule has 2 heterocycles. The Kier molecular flexibility index (Phi) is 3.15. The molecule has 19 heavy (non-hydrogen) atoms. The number of anilines is 1. The van der Waals surface area contributed by atoms with Crippen LogP contribution in [0, 0.1) is 0 Å². The second-order valence-electron chi connectivity index (χ2n) is 5.46.